The highest BCUT2D eigenvalue weighted by Gasteiger charge is 2.29. The zero-order chi connectivity index (χ0) is 16.5. The lowest BCUT2D eigenvalue weighted by molar-refractivity contribution is 0.365. The van der Waals surface area contributed by atoms with Crippen LogP contribution in [0, 0.1) is 0 Å². The number of hydrogen-bond acceptors (Lipinski definition) is 4. The van der Waals surface area contributed by atoms with Crippen molar-refractivity contribution in [3.8, 4) is 11.4 Å². The van der Waals surface area contributed by atoms with E-state index < -0.39 is 0 Å². The lowest BCUT2D eigenvalue weighted by Crippen LogP contribution is -2.31. The van der Waals surface area contributed by atoms with Gasteiger partial charge in [0.25, 0.3) is 0 Å². The molecule has 0 radical (unpaired) electrons. The second-order valence-corrected chi connectivity index (χ2v) is 6.69. The van der Waals surface area contributed by atoms with E-state index in [1.807, 2.05) is 31.3 Å². The Balaban J connectivity index is 1.68. The predicted molar refractivity (Wildman–Crippen MR) is 96.5 cm³/mol. The second-order valence-electron chi connectivity index (χ2n) is 6.69. The molecule has 5 nitrogen and oxygen atoms in total. The zero-order valence-corrected chi connectivity index (χ0v) is 14.2. The lowest BCUT2D eigenvalue weighted by atomic mass is 9.85. The van der Waals surface area contributed by atoms with Gasteiger partial charge in [0.1, 0.15) is 5.69 Å². The van der Waals surface area contributed by atoms with Crippen molar-refractivity contribution in [3.05, 3.63) is 53.9 Å². The van der Waals surface area contributed by atoms with Gasteiger partial charge in [0.2, 0.25) is 5.95 Å². The number of aromatic amines is 1. The molecule has 24 heavy (non-hydrogen) atoms. The summed E-state index contributed by atoms with van der Waals surface area (Å²) in [6.45, 7) is 1.00. The zero-order valence-electron chi connectivity index (χ0n) is 14.2. The number of H-pyrrole nitrogens is 1. The first kappa shape index (κ1) is 15.1. The number of nitrogens with zero attached hydrogens (tertiary/aromatic N) is 3. The highest BCUT2D eigenvalue weighted by atomic mass is 15.2. The third kappa shape index (κ3) is 2.76. The molecule has 2 atom stereocenters. The van der Waals surface area contributed by atoms with E-state index in [-0.39, 0.29) is 0 Å². The molecule has 1 aromatic carbocycles. The summed E-state index contributed by atoms with van der Waals surface area (Å²) in [6.07, 6.45) is 4.01. The third-order valence-electron chi connectivity index (χ3n) is 4.83. The molecular formula is C19H23N5. The van der Waals surface area contributed by atoms with Crippen molar-refractivity contribution >= 4 is 5.95 Å². The Morgan fingerprint density at radius 3 is 2.75 bits per heavy atom. The Kier molecular flexibility index (Phi) is 3.94. The van der Waals surface area contributed by atoms with Crippen LogP contribution in [0.2, 0.25) is 0 Å². The molecule has 124 valence electrons. The molecule has 2 unspecified atom stereocenters. The summed E-state index contributed by atoms with van der Waals surface area (Å²) in [5.74, 6) is 1.31. The number of nitrogens with one attached hydrogen (secondary N) is 2. The van der Waals surface area contributed by atoms with Crippen LogP contribution in [0.15, 0.2) is 42.6 Å². The summed E-state index contributed by atoms with van der Waals surface area (Å²) in [4.78, 5) is 14.8. The van der Waals surface area contributed by atoms with E-state index in [1.165, 1.54) is 5.56 Å². The summed E-state index contributed by atoms with van der Waals surface area (Å²) in [5.41, 5.74) is 4.56. The smallest absolute Gasteiger partial charge is 0.202 e. The van der Waals surface area contributed by atoms with Crippen molar-refractivity contribution in [3.63, 3.8) is 0 Å². The van der Waals surface area contributed by atoms with Crippen molar-refractivity contribution in [2.24, 2.45) is 0 Å². The van der Waals surface area contributed by atoms with E-state index in [4.69, 9.17) is 4.98 Å². The molecule has 5 heteroatoms. The number of aromatic nitrogens is 3. The Bertz CT molecular complexity index is 780. The van der Waals surface area contributed by atoms with Crippen LogP contribution in [0.4, 0.5) is 5.95 Å². The van der Waals surface area contributed by atoms with Gasteiger partial charge in [-0.3, -0.25) is 4.98 Å². The number of rotatable bonds is 3. The first-order valence-corrected chi connectivity index (χ1v) is 8.52. The van der Waals surface area contributed by atoms with E-state index in [0.29, 0.717) is 12.0 Å². The van der Waals surface area contributed by atoms with Crippen LogP contribution >= 0.6 is 0 Å². The minimum Gasteiger partial charge on any atom is -0.349 e. The van der Waals surface area contributed by atoms with Crippen molar-refractivity contribution < 1.29 is 0 Å². The summed E-state index contributed by atoms with van der Waals surface area (Å²) in [6, 6.07) is 13.1. The number of piperidine rings is 1. The number of fused-ring (bicyclic) bond motifs is 1. The molecule has 0 spiro atoms. The summed E-state index contributed by atoms with van der Waals surface area (Å²) in [5, 5.41) is 3.65. The molecule has 1 fully saturated rings. The molecule has 1 saturated heterocycles. The first-order valence-electron chi connectivity index (χ1n) is 8.52. The van der Waals surface area contributed by atoms with Crippen LogP contribution < -0.4 is 10.2 Å². The van der Waals surface area contributed by atoms with E-state index in [2.05, 4.69) is 45.6 Å². The fourth-order valence-corrected chi connectivity index (χ4v) is 3.56. The second kappa shape index (κ2) is 6.24. The van der Waals surface area contributed by atoms with Gasteiger partial charge in [-0.1, -0.05) is 30.3 Å². The van der Waals surface area contributed by atoms with Gasteiger partial charge in [0.15, 0.2) is 0 Å². The predicted octanol–water partition coefficient (Wildman–Crippen LogP) is 3.18. The van der Waals surface area contributed by atoms with Crippen molar-refractivity contribution in [1.29, 1.82) is 0 Å². The minimum atomic E-state index is 0.378. The van der Waals surface area contributed by atoms with Crippen LogP contribution in [-0.4, -0.2) is 35.6 Å². The molecule has 3 aliphatic rings. The highest BCUT2D eigenvalue weighted by Crippen LogP contribution is 2.38. The standard InChI is InChI=1S/C19H23N5/c1-24(2)19-22-15-9-11-21-18(15)17(23-19)14-8-10-20-16(12-14)13-6-4-3-5-7-13/h3-7,9,11,14,16,20H,8,10,12H2,1-2H3,(H,22,23). The van der Waals surface area contributed by atoms with Gasteiger partial charge in [-0.25, -0.2) is 4.98 Å². The Hall–Kier alpha value is -2.40. The van der Waals surface area contributed by atoms with Gasteiger partial charge in [-0.05, 0) is 31.0 Å². The summed E-state index contributed by atoms with van der Waals surface area (Å²) >= 11 is 0. The summed E-state index contributed by atoms with van der Waals surface area (Å²) < 4.78 is 0. The van der Waals surface area contributed by atoms with Gasteiger partial charge in [0.05, 0.1) is 11.4 Å². The van der Waals surface area contributed by atoms with Gasteiger partial charge in [0, 0.05) is 32.3 Å². The topological polar surface area (TPSA) is 56.8 Å². The Labute approximate surface area is 142 Å². The fourth-order valence-electron chi connectivity index (χ4n) is 3.56. The molecule has 0 aliphatic carbocycles. The van der Waals surface area contributed by atoms with E-state index in [1.54, 1.807) is 0 Å². The van der Waals surface area contributed by atoms with Crippen LogP contribution in [-0.2, 0) is 0 Å². The monoisotopic (exact) mass is 321 g/mol. The molecule has 4 rings (SSSR count). The normalized spacial score (nSPS) is 21.1. The number of anilines is 1. The minimum absolute atomic E-state index is 0.378. The maximum absolute atomic E-state index is 4.90. The van der Waals surface area contributed by atoms with Gasteiger partial charge < -0.3 is 15.2 Å². The molecule has 0 bridgehead atoms. The highest BCUT2D eigenvalue weighted by molar-refractivity contribution is 5.62. The van der Waals surface area contributed by atoms with Gasteiger partial charge in [-0.2, -0.15) is 0 Å². The van der Waals surface area contributed by atoms with E-state index in [0.717, 1.165) is 42.4 Å². The van der Waals surface area contributed by atoms with Crippen LogP contribution in [0.1, 0.15) is 36.1 Å². The van der Waals surface area contributed by atoms with Crippen molar-refractivity contribution in [2.45, 2.75) is 24.8 Å². The molecule has 3 heterocycles. The Morgan fingerprint density at radius 2 is 1.96 bits per heavy atom. The maximum atomic E-state index is 4.90. The molecule has 1 aromatic rings. The Morgan fingerprint density at radius 1 is 1.12 bits per heavy atom. The fraction of sp³-hybridized carbons (Fsp3) is 0.368. The number of benzene rings is 1. The van der Waals surface area contributed by atoms with Crippen LogP contribution in [0.3, 0.4) is 0 Å². The number of hydrogen-bond donors (Lipinski definition) is 2. The van der Waals surface area contributed by atoms with Crippen LogP contribution in [0.25, 0.3) is 11.4 Å². The van der Waals surface area contributed by atoms with Gasteiger partial charge >= 0.3 is 0 Å². The van der Waals surface area contributed by atoms with Crippen LogP contribution in [0.5, 0.6) is 0 Å². The maximum Gasteiger partial charge on any atom is 0.202 e. The quantitative estimate of drug-likeness (QED) is 0.778. The van der Waals surface area contributed by atoms with E-state index in [9.17, 15) is 0 Å². The molecule has 0 saturated carbocycles. The van der Waals surface area contributed by atoms with Gasteiger partial charge in [-0.15, -0.1) is 0 Å². The average molecular weight is 321 g/mol. The molecule has 0 amide bonds. The summed E-state index contributed by atoms with van der Waals surface area (Å²) in [7, 11) is 4.03. The van der Waals surface area contributed by atoms with E-state index >= 15 is 0 Å². The first-order chi connectivity index (χ1) is 11.7. The van der Waals surface area contributed by atoms with Crippen molar-refractivity contribution in [1.82, 2.24) is 20.3 Å². The average Bonchev–Trinajstić information content (AvgIpc) is 3.10. The SMILES string of the molecule is CN(C)c1nc(C2CCNC(c3ccccc3)C2)c2nccc-2[nH]1. The lowest BCUT2D eigenvalue weighted by Gasteiger charge is -2.31. The van der Waals surface area contributed by atoms with Crippen molar-refractivity contribution in [2.75, 3.05) is 25.5 Å². The molecular weight excluding hydrogens is 298 g/mol. The molecule has 3 aliphatic heterocycles. The molecule has 2 N–H and O–H groups in total. The molecule has 0 aromatic heterocycles. The largest absolute Gasteiger partial charge is 0.349 e. The third-order valence-corrected chi connectivity index (χ3v) is 4.83.